The number of phenols is 1. The number of aromatic hydroxyl groups is 1. The minimum Gasteiger partial charge on any atom is -0.506 e. The van der Waals surface area contributed by atoms with Crippen LogP contribution in [0, 0.1) is 0 Å². The van der Waals surface area contributed by atoms with Crippen molar-refractivity contribution in [2.45, 2.75) is 0 Å². The van der Waals surface area contributed by atoms with Gasteiger partial charge in [0.25, 0.3) is 5.91 Å². The summed E-state index contributed by atoms with van der Waals surface area (Å²) >= 11 is 11.8. The molecule has 2 aromatic rings. The van der Waals surface area contributed by atoms with Gasteiger partial charge in [0.2, 0.25) is 0 Å². The molecule has 2 N–H and O–H groups in total. The van der Waals surface area contributed by atoms with E-state index in [1.807, 2.05) is 0 Å². The zero-order chi connectivity index (χ0) is 16.3. The summed E-state index contributed by atoms with van der Waals surface area (Å²) < 4.78 is 4.54. The quantitative estimate of drug-likeness (QED) is 0.659. The van der Waals surface area contributed by atoms with E-state index in [1.165, 1.54) is 37.4 Å². The highest BCUT2D eigenvalue weighted by atomic mass is 35.5. The molecular formula is C15H11Cl2NO4. The van der Waals surface area contributed by atoms with Crippen LogP contribution in [0.15, 0.2) is 36.4 Å². The minimum absolute atomic E-state index is 0.133. The zero-order valence-electron chi connectivity index (χ0n) is 11.4. The molecule has 0 fully saturated rings. The number of anilines is 1. The fourth-order valence-electron chi connectivity index (χ4n) is 1.74. The summed E-state index contributed by atoms with van der Waals surface area (Å²) in [5.74, 6) is -1.39. The molecular weight excluding hydrogens is 329 g/mol. The van der Waals surface area contributed by atoms with Crippen LogP contribution in [0.25, 0.3) is 0 Å². The number of nitrogens with one attached hydrogen (secondary N) is 1. The minimum atomic E-state index is -0.592. The van der Waals surface area contributed by atoms with E-state index in [9.17, 15) is 14.7 Å². The number of phenolic OH excluding ortho intramolecular Hbond substituents is 1. The molecule has 0 spiro atoms. The van der Waals surface area contributed by atoms with Gasteiger partial charge >= 0.3 is 5.97 Å². The normalized spacial score (nSPS) is 10.1. The predicted molar refractivity (Wildman–Crippen MR) is 83.9 cm³/mol. The van der Waals surface area contributed by atoms with Crippen molar-refractivity contribution in [2.75, 3.05) is 12.4 Å². The van der Waals surface area contributed by atoms with Crippen LogP contribution >= 0.6 is 23.2 Å². The smallest absolute Gasteiger partial charge is 0.337 e. The molecule has 114 valence electrons. The van der Waals surface area contributed by atoms with Gasteiger partial charge in [-0.3, -0.25) is 4.79 Å². The van der Waals surface area contributed by atoms with Gasteiger partial charge in [0.1, 0.15) is 5.75 Å². The summed E-state index contributed by atoms with van der Waals surface area (Å²) in [6.45, 7) is 0. The summed E-state index contributed by atoms with van der Waals surface area (Å²) in [5, 5.41) is 13.0. The average molecular weight is 340 g/mol. The first kappa shape index (κ1) is 16.1. The molecule has 0 aliphatic rings. The van der Waals surface area contributed by atoms with E-state index in [-0.39, 0.29) is 27.6 Å². The first-order chi connectivity index (χ1) is 10.4. The van der Waals surface area contributed by atoms with E-state index >= 15 is 0 Å². The highest BCUT2D eigenvalue weighted by Gasteiger charge is 2.15. The molecule has 5 nitrogen and oxygen atoms in total. The lowest BCUT2D eigenvalue weighted by molar-refractivity contribution is 0.0600. The fourth-order valence-corrected chi connectivity index (χ4v) is 2.12. The van der Waals surface area contributed by atoms with Crippen LogP contribution < -0.4 is 5.32 Å². The number of benzene rings is 2. The van der Waals surface area contributed by atoms with Crippen molar-refractivity contribution >= 4 is 40.8 Å². The Morgan fingerprint density at radius 3 is 2.50 bits per heavy atom. The number of methoxy groups -OCH3 is 1. The van der Waals surface area contributed by atoms with Crippen LogP contribution in [0.1, 0.15) is 20.7 Å². The van der Waals surface area contributed by atoms with Gasteiger partial charge in [0, 0.05) is 5.02 Å². The Bertz CT molecular complexity index is 746. The van der Waals surface area contributed by atoms with Gasteiger partial charge in [-0.25, -0.2) is 4.79 Å². The highest BCUT2D eigenvalue weighted by molar-refractivity contribution is 6.36. The largest absolute Gasteiger partial charge is 0.506 e. The van der Waals surface area contributed by atoms with Crippen LogP contribution in [0.4, 0.5) is 5.69 Å². The number of hydrogen-bond acceptors (Lipinski definition) is 4. The Hall–Kier alpha value is -2.24. The number of amides is 1. The van der Waals surface area contributed by atoms with E-state index in [4.69, 9.17) is 23.2 Å². The molecule has 2 aromatic carbocycles. The van der Waals surface area contributed by atoms with E-state index in [1.54, 1.807) is 6.07 Å². The third kappa shape index (κ3) is 3.50. The fraction of sp³-hybridized carbons (Fsp3) is 0.0667. The number of hydrogen-bond donors (Lipinski definition) is 2. The number of carbonyl (C=O) groups is 2. The van der Waals surface area contributed by atoms with Gasteiger partial charge in [0.05, 0.1) is 28.9 Å². The molecule has 0 aliphatic heterocycles. The second-order valence-electron chi connectivity index (χ2n) is 4.30. The standard InChI is InChI=1S/C15H11Cl2NO4/c1-22-15(21)8-2-5-12(13(19)6-8)18-14(20)10-7-9(16)3-4-11(10)17/h2-7,19H,1H3,(H,18,20). The number of esters is 1. The van der Waals surface area contributed by atoms with Crippen LogP contribution in [-0.2, 0) is 4.74 Å². The van der Waals surface area contributed by atoms with Gasteiger partial charge in [-0.2, -0.15) is 0 Å². The van der Waals surface area contributed by atoms with Crippen molar-refractivity contribution in [3.63, 3.8) is 0 Å². The van der Waals surface area contributed by atoms with Crippen molar-refractivity contribution in [3.8, 4) is 5.75 Å². The second kappa shape index (κ2) is 6.68. The van der Waals surface area contributed by atoms with Crippen LogP contribution in [0.5, 0.6) is 5.75 Å². The molecule has 2 rings (SSSR count). The van der Waals surface area contributed by atoms with Crippen LogP contribution in [-0.4, -0.2) is 24.1 Å². The van der Waals surface area contributed by atoms with E-state index in [2.05, 4.69) is 10.1 Å². The van der Waals surface area contributed by atoms with Crippen molar-refractivity contribution < 1.29 is 19.4 Å². The van der Waals surface area contributed by atoms with Gasteiger partial charge in [-0.15, -0.1) is 0 Å². The predicted octanol–water partition coefficient (Wildman–Crippen LogP) is 3.74. The molecule has 0 heterocycles. The summed E-state index contributed by atoms with van der Waals surface area (Å²) in [7, 11) is 1.23. The highest BCUT2D eigenvalue weighted by Crippen LogP contribution is 2.27. The molecule has 0 atom stereocenters. The Kier molecular flexibility index (Phi) is 4.90. The number of rotatable bonds is 3. The average Bonchev–Trinajstić information content (AvgIpc) is 2.50. The number of halogens is 2. The zero-order valence-corrected chi connectivity index (χ0v) is 12.9. The third-order valence-electron chi connectivity index (χ3n) is 2.84. The maximum absolute atomic E-state index is 12.2. The Morgan fingerprint density at radius 1 is 1.14 bits per heavy atom. The molecule has 0 saturated heterocycles. The van der Waals surface area contributed by atoms with Crippen molar-refractivity contribution in [1.29, 1.82) is 0 Å². The lowest BCUT2D eigenvalue weighted by atomic mass is 10.1. The van der Waals surface area contributed by atoms with Crippen LogP contribution in [0.3, 0.4) is 0 Å². The Morgan fingerprint density at radius 2 is 1.86 bits per heavy atom. The van der Waals surface area contributed by atoms with E-state index in [0.29, 0.717) is 5.02 Å². The summed E-state index contributed by atoms with van der Waals surface area (Å²) in [5.41, 5.74) is 0.470. The molecule has 1 amide bonds. The molecule has 0 unspecified atom stereocenters. The SMILES string of the molecule is COC(=O)c1ccc(NC(=O)c2cc(Cl)ccc2Cl)c(O)c1. The maximum atomic E-state index is 12.2. The van der Waals surface area contributed by atoms with Crippen LogP contribution in [0.2, 0.25) is 10.0 Å². The summed E-state index contributed by atoms with van der Waals surface area (Å²) in [6.07, 6.45) is 0. The molecule has 0 radical (unpaired) electrons. The summed E-state index contributed by atoms with van der Waals surface area (Å²) in [4.78, 5) is 23.5. The van der Waals surface area contributed by atoms with Crippen molar-refractivity contribution in [1.82, 2.24) is 0 Å². The Balaban J connectivity index is 2.25. The molecule has 0 aromatic heterocycles. The number of ether oxygens (including phenoxy) is 1. The van der Waals surface area contributed by atoms with E-state index in [0.717, 1.165) is 0 Å². The maximum Gasteiger partial charge on any atom is 0.337 e. The van der Waals surface area contributed by atoms with Crippen molar-refractivity contribution in [2.24, 2.45) is 0 Å². The third-order valence-corrected chi connectivity index (χ3v) is 3.40. The van der Waals surface area contributed by atoms with E-state index < -0.39 is 11.9 Å². The van der Waals surface area contributed by atoms with Gasteiger partial charge in [-0.1, -0.05) is 23.2 Å². The molecule has 0 bridgehead atoms. The van der Waals surface area contributed by atoms with Gasteiger partial charge < -0.3 is 15.2 Å². The first-order valence-corrected chi connectivity index (χ1v) is 6.85. The molecule has 22 heavy (non-hydrogen) atoms. The molecule has 0 aliphatic carbocycles. The first-order valence-electron chi connectivity index (χ1n) is 6.10. The molecule has 0 saturated carbocycles. The van der Waals surface area contributed by atoms with Gasteiger partial charge in [-0.05, 0) is 36.4 Å². The lowest BCUT2D eigenvalue weighted by Crippen LogP contribution is -2.13. The lowest BCUT2D eigenvalue weighted by Gasteiger charge is -2.10. The van der Waals surface area contributed by atoms with Crippen molar-refractivity contribution in [3.05, 3.63) is 57.6 Å². The van der Waals surface area contributed by atoms with Gasteiger partial charge in [0.15, 0.2) is 0 Å². The Labute approximate surface area is 136 Å². The summed E-state index contributed by atoms with van der Waals surface area (Å²) in [6, 6.07) is 8.47. The molecule has 7 heteroatoms. The monoisotopic (exact) mass is 339 g/mol. The topological polar surface area (TPSA) is 75.6 Å². The number of carbonyl (C=O) groups excluding carboxylic acids is 2. The second-order valence-corrected chi connectivity index (χ2v) is 5.15.